The number of carbonyl (C=O) groups excluding carboxylic acids is 2. The highest BCUT2D eigenvalue weighted by molar-refractivity contribution is 6.07. The molecule has 6 nitrogen and oxygen atoms in total. The molecule has 3 rings (SSSR count). The quantitative estimate of drug-likeness (QED) is 0.769. The van der Waals surface area contributed by atoms with Gasteiger partial charge in [0.1, 0.15) is 11.4 Å². The van der Waals surface area contributed by atoms with Gasteiger partial charge in [0.05, 0.1) is 12.6 Å². The van der Waals surface area contributed by atoms with Crippen LogP contribution in [0.5, 0.6) is 5.75 Å². The first-order chi connectivity index (χ1) is 12.0. The Morgan fingerprint density at radius 3 is 2.52 bits per heavy atom. The molecule has 6 heteroatoms. The summed E-state index contributed by atoms with van der Waals surface area (Å²) >= 11 is 0. The summed E-state index contributed by atoms with van der Waals surface area (Å²) in [6, 6.07) is 14.3. The highest BCUT2D eigenvalue weighted by Crippen LogP contribution is 2.28. The Morgan fingerprint density at radius 1 is 1.04 bits per heavy atom. The average molecular weight is 337 g/mol. The number of anilines is 1. The summed E-state index contributed by atoms with van der Waals surface area (Å²) in [5.41, 5.74) is 2.45. The van der Waals surface area contributed by atoms with E-state index in [1.807, 2.05) is 29.8 Å². The lowest BCUT2D eigenvalue weighted by molar-refractivity contribution is 0.0961. The molecule has 0 saturated heterocycles. The van der Waals surface area contributed by atoms with Crippen molar-refractivity contribution < 1.29 is 14.3 Å². The lowest BCUT2D eigenvalue weighted by Gasteiger charge is -2.08. The number of carbonyl (C=O) groups is 2. The third-order valence-electron chi connectivity index (χ3n) is 4.11. The number of aromatic nitrogens is 1. The van der Waals surface area contributed by atoms with Crippen LogP contribution < -0.4 is 15.4 Å². The van der Waals surface area contributed by atoms with Crippen LogP contribution in [0.1, 0.15) is 20.8 Å². The van der Waals surface area contributed by atoms with Gasteiger partial charge in [0.2, 0.25) is 0 Å². The van der Waals surface area contributed by atoms with E-state index in [1.54, 1.807) is 44.5 Å². The number of methoxy groups -OCH3 is 1. The summed E-state index contributed by atoms with van der Waals surface area (Å²) < 4.78 is 7.17. The normalized spacial score (nSPS) is 10.5. The molecular formula is C19H19N3O3. The van der Waals surface area contributed by atoms with E-state index in [1.165, 1.54) is 0 Å². The van der Waals surface area contributed by atoms with Gasteiger partial charge in [0.25, 0.3) is 11.8 Å². The number of ether oxygens (including phenoxy) is 1. The number of nitrogens with zero attached hydrogens (tertiary/aromatic N) is 1. The van der Waals surface area contributed by atoms with E-state index in [9.17, 15) is 9.59 Å². The van der Waals surface area contributed by atoms with Crippen LogP contribution in [0, 0.1) is 0 Å². The topological polar surface area (TPSA) is 72.4 Å². The highest BCUT2D eigenvalue weighted by atomic mass is 16.5. The Labute approximate surface area is 145 Å². The summed E-state index contributed by atoms with van der Waals surface area (Å²) in [4.78, 5) is 24.4. The third-order valence-corrected chi connectivity index (χ3v) is 4.11. The predicted molar refractivity (Wildman–Crippen MR) is 97.3 cm³/mol. The Morgan fingerprint density at radius 2 is 1.80 bits per heavy atom. The summed E-state index contributed by atoms with van der Waals surface area (Å²) in [5, 5.41) is 6.27. The van der Waals surface area contributed by atoms with Crippen molar-refractivity contribution in [2.75, 3.05) is 19.5 Å². The molecule has 0 saturated carbocycles. The van der Waals surface area contributed by atoms with Gasteiger partial charge in [-0.15, -0.1) is 0 Å². The number of fused-ring (bicyclic) bond motifs is 1. The first kappa shape index (κ1) is 16.6. The molecule has 0 fully saturated rings. The molecule has 0 radical (unpaired) electrons. The van der Waals surface area contributed by atoms with Gasteiger partial charge in [-0.05, 0) is 36.4 Å². The molecule has 128 valence electrons. The number of aryl methyl sites for hydroxylation is 1. The fourth-order valence-corrected chi connectivity index (χ4v) is 2.81. The number of benzene rings is 2. The zero-order valence-electron chi connectivity index (χ0n) is 14.3. The van der Waals surface area contributed by atoms with E-state index in [4.69, 9.17) is 4.74 Å². The van der Waals surface area contributed by atoms with Crippen molar-refractivity contribution in [3.8, 4) is 5.75 Å². The van der Waals surface area contributed by atoms with Crippen LogP contribution in [0.15, 0.2) is 48.5 Å². The van der Waals surface area contributed by atoms with Crippen LogP contribution in [-0.4, -0.2) is 30.5 Å². The maximum atomic E-state index is 12.7. The maximum absolute atomic E-state index is 12.7. The van der Waals surface area contributed by atoms with E-state index < -0.39 is 0 Å². The zero-order chi connectivity index (χ0) is 18.0. The smallest absolute Gasteiger partial charge is 0.272 e. The van der Waals surface area contributed by atoms with Crippen molar-refractivity contribution in [1.82, 2.24) is 9.88 Å². The standard InChI is InChI=1S/C19H19N3O3/c1-20-18(23)12-6-4-7-13(10-12)21-19(24)16-11-14-15(22(16)2)8-5-9-17(14)25-3/h4-11H,1-3H3,(H,20,23)(H,21,24). The van der Waals surface area contributed by atoms with E-state index >= 15 is 0 Å². The molecule has 0 aliphatic carbocycles. The summed E-state index contributed by atoms with van der Waals surface area (Å²) in [6.07, 6.45) is 0. The lowest BCUT2D eigenvalue weighted by atomic mass is 10.2. The molecule has 2 aromatic carbocycles. The van der Waals surface area contributed by atoms with Gasteiger partial charge in [0.15, 0.2) is 0 Å². The molecule has 0 bridgehead atoms. The van der Waals surface area contributed by atoms with Gasteiger partial charge in [-0.2, -0.15) is 0 Å². The van der Waals surface area contributed by atoms with Gasteiger partial charge in [0, 0.05) is 30.7 Å². The monoisotopic (exact) mass is 337 g/mol. The van der Waals surface area contributed by atoms with Crippen molar-refractivity contribution in [2.24, 2.45) is 7.05 Å². The van der Waals surface area contributed by atoms with Crippen molar-refractivity contribution in [1.29, 1.82) is 0 Å². The lowest BCUT2D eigenvalue weighted by Crippen LogP contribution is -2.19. The molecule has 1 heterocycles. The molecule has 1 aromatic heterocycles. The van der Waals surface area contributed by atoms with Gasteiger partial charge in [-0.25, -0.2) is 0 Å². The summed E-state index contributed by atoms with van der Waals surface area (Å²) in [7, 11) is 5.00. The zero-order valence-corrected chi connectivity index (χ0v) is 14.3. The summed E-state index contributed by atoms with van der Waals surface area (Å²) in [6.45, 7) is 0. The molecule has 3 aromatic rings. The molecule has 0 atom stereocenters. The van der Waals surface area contributed by atoms with E-state index in [0.717, 1.165) is 10.9 Å². The van der Waals surface area contributed by atoms with E-state index in [2.05, 4.69) is 10.6 Å². The number of nitrogens with one attached hydrogen (secondary N) is 2. The Balaban J connectivity index is 1.93. The highest BCUT2D eigenvalue weighted by Gasteiger charge is 2.16. The minimum absolute atomic E-state index is 0.203. The van der Waals surface area contributed by atoms with Crippen LogP contribution in [0.25, 0.3) is 10.9 Å². The van der Waals surface area contributed by atoms with Crippen LogP contribution in [0.2, 0.25) is 0 Å². The van der Waals surface area contributed by atoms with Crippen LogP contribution in [-0.2, 0) is 7.05 Å². The Bertz CT molecular complexity index is 960. The molecule has 0 aliphatic heterocycles. The molecule has 0 unspecified atom stereocenters. The molecular weight excluding hydrogens is 318 g/mol. The number of rotatable bonds is 4. The largest absolute Gasteiger partial charge is 0.496 e. The maximum Gasteiger partial charge on any atom is 0.272 e. The number of amides is 2. The molecule has 2 N–H and O–H groups in total. The fourth-order valence-electron chi connectivity index (χ4n) is 2.81. The fraction of sp³-hybridized carbons (Fsp3) is 0.158. The second kappa shape index (κ2) is 6.68. The first-order valence-electron chi connectivity index (χ1n) is 7.81. The van der Waals surface area contributed by atoms with Crippen molar-refractivity contribution in [3.05, 3.63) is 59.8 Å². The third kappa shape index (κ3) is 3.06. The average Bonchev–Trinajstić information content (AvgIpc) is 2.98. The molecule has 2 amide bonds. The number of hydrogen-bond donors (Lipinski definition) is 2. The first-order valence-corrected chi connectivity index (χ1v) is 7.81. The molecule has 0 aliphatic rings. The van der Waals surface area contributed by atoms with E-state index in [0.29, 0.717) is 22.7 Å². The van der Waals surface area contributed by atoms with Crippen LogP contribution in [0.3, 0.4) is 0 Å². The van der Waals surface area contributed by atoms with Gasteiger partial charge in [-0.3, -0.25) is 9.59 Å². The summed E-state index contributed by atoms with van der Waals surface area (Å²) in [5.74, 6) is 0.258. The van der Waals surface area contributed by atoms with Gasteiger partial charge in [-0.1, -0.05) is 12.1 Å². The van der Waals surface area contributed by atoms with Crippen molar-refractivity contribution >= 4 is 28.4 Å². The van der Waals surface area contributed by atoms with Crippen LogP contribution >= 0.6 is 0 Å². The Kier molecular flexibility index (Phi) is 4.43. The second-order valence-electron chi connectivity index (χ2n) is 5.60. The molecule has 25 heavy (non-hydrogen) atoms. The van der Waals surface area contributed by atoms with E-state index in [-0.39, 0.29) is 11.8 Å². The van der Waals surface area contributed by atoms with Crippen molar-refractivity contribution in [2.45, 2.75) is 0 Å². The SMILES string of the molecule is CNC(=O)c1cccc(NC(=O)c2cc3c(OC)cccc3n2C)c1. The predicted octanol–water partition coefficient (Wildman–Crippen LogP) is 2.80. The van der Waals surface area contributed by atoms with Crippen LogP contribution in [0.4, 0.5) is 5.69 Å². The molecule has 0 spiro atoms. The van der Waals surface area contributed by atoms with Crippen molar-refractivity contribution in [3.63, 3.8) is 0 Å². The van der Waals surface area contributed by atoms with Gasteiger partial charge < -0.3 is 19.9 Å². The van der Waals surface area contributed by atoms with Gasteiger partial charge >= 0.3 is 0 Å². The Hall–Kier alpha value is -3.28. The second-order valence-corrected chi connectivity index (χ2v) is 5.60. The minimum atomic E-state index is -0.255. The number of hydrogen-bond acceptors (Lipinski definition) is 3. The minimum Gasteiger partial charge on any atom is -0.496 e.